The SMILES string of the molecule is O=C1CC2(CCCCCCC2)CC(=O)N1. The van der Waals surface area contributed by atoms with E-state index in [1.165, 1.54) is 32.1 Å². The van der Waals surface area contributed by atoms with E-state index in [4.69, 9.17) is 0 Å². The lowest BCUT2D eigenvalue weighted by molar-refractivity contribution is -0.138. The van der Waals surface area contributed by atoms with Crippen LogP contribution in [0.4, 0.5) is 0 Å². The highest BCUT2D eigenvalue weighted by Crippen LogP contribution is 2.41. The van der Waals surface area contributed by atoms with E-state index in [2.05, 4.69) is 5.32 Å². The van der Waals surface area contributed by atoms with Crippen LogP contribution in [0.5, 0.6) is 0 Å². The van der Waals surface area contributed by atoms with Crippen LogP contribution < -0.4 is 5.32 Å². The Bertz CT molecular complexity index is 247. The van der Waals surface area contributed by atoms with Gasteiger partial charge in [-0.1, -0.05) is 32.1 Å². The molecule has 84 valence electrons. The molecule has 1 N–H and O–H groups in total. The van der Waals surface area contributed by atoms with Crippen molar-refractivity contribution in [1.82, 2.24) is 5.32 Å². The number of imide groups is 1. The Morgan fingerprint density at radius 3 is 1.80 bits per heavy atom. The zero-order chi connectivity index (χ0) is 10.7. The second-order valence-corrected chi connectivity index (χ2v) is 5.09. The van der Waals surface area contributed by atoms with Gasteiger partial charge in [0.15, 0.2) is 0 Å². The van der Waals surface area contributed by atoms with Gasteiger partial charge in [0.2, 0.25) is 11.8 Å². The fraction of sp³-hybridized carbons (Fsp3) is 0.833. The minimum Gasteiger partial charge on any atom is -0.296 e. The van der Waals surface area contributed by atoms with Crippen LogP contribution in [0.2, 0.25) is 0 Å². The zero-order valence-electron chi connectivity index (χ0n) is 9.18. The van der Waals surface area contributed by atoms with E-state index in [1.807, 2.05) is 0 Å². The van der Waals surface area contributed by atoms with Crippen LogP contribution in [-0.2, 0) is 9.59 Å². The molecule has 2 amide bonds. The Morgan fingerprint density at radius 1 is 0.800 bits per heavy atom. The van der Waals surface area contributed by atoms with E-state index >= 15 is 0 Å². The van der Waals surface area contributed by atoms with E-state index < -0.39 is 0 Å². The van der Waals surface area contributed by atoms with Crippen LogP contribution in [0.1, 0.15) is 57.8 Å². The fourth-order valence-corrected chi connectivity index (χ4v) is 3.00. The lowest BCUT2D eigenvalue weighted by Gasteiger charge is -2.37. The molecule has 2 fully saturated rings. The summed E-state index contributed by atoms with van der Waals surface area (Å²) < 4.78 is 0. The number of rotatable bonds is 0. The van der Waals surface area contributed by atoms with Gasteiger partial charge >= 0.3 is 0 Å². The average Bonchev–Trinajstić information content (AvgIpc) is 2.11. The third-order valence-corrected chi connectivity index (χ3v) is 3.76. The molecule has 2 rings (SSSR count). The number of amides is 2. The first-order valence-corrected chi connectivity index (χ1v) is 6.03. The molecule has 1 saturated carbocycles. The molecule has 15 heavy (non-hydrogen) atoms. The molecule has 1 aliphatic carbocycles. The molecule has 1 aliphatic heterocycles. The molecule has 0 aromatic carbocycles. The minimum absolute atomic E-state index is 0.0137. The van der Waals surface area contributed by atoms with Crippen LogP contribution in [0.25, 0.3) is 0 Å². The highest BCUT2D eigenvalue weighted by molar-refractivity contribution is 5.98. The molecule has 0 bridgehead atoms. The maximum atomic E-state index is 11.4. The first-order valence-electron chi connectivity index (χ1n) is 6.03. The Labute approximate surface area is 90.6 Å². The van der Waals surface area contributed by atoms with E-state index in [0.29, 0.717) is 12.8 Å². The zero-order valence-corrected chi connectivity index (χ0v) is 9.18. The van der Waals surface area contributed by atoms with Gasteiger partial charge in [-0.25, -0.2) is 0 Å². The molecule has 2 aliphatic rings. The standard InChI is InChI=1S/C12H19NO2/c14-10-8-12(9-11(15)13-10)6-4-2-1-3-5-7-12/h1-9H2,(H,13,14,15). The van der Waals surface area contributed by atoms with Gasteiger partial charge in [-0.3, -0.25) is 14.9 Å². The van der Waals surface area contributed by atoms with Gasteiger partial charge in [-0.2, -0.15) is 0 Å². The highest BCUT2D eigenvalue weighted by atomic mass is 16.2. The van der Waals surface area contributed by atoms with Crippen molar-refractivity contribution in [2.24, 2.45) is 5.41 Å². The van der Waals surface area contributed by atoms with Gasteiger partial charge in [0, 0.05) is 12.8 Å². The van der Waals surface area contributed by atoms with Crippen molar-refractivity contribution in [3.05, 3.63) is 0 Å². The summed E-state index contributed by atoms with van der Waals surface area (Å²) in [4.78, 5) is 22.8. The summed E-state index contributed by atoms with van der Waals surface area (Å²) in [5, 5.41) is 2.41. The summed E-state index contributed by atoms with van der Waals surface area (Å²) in [6, 6.07) is 0. The van der Waals surface area contributed by atoms with E-state index in [0.717, 1.165) is 12.8 Å². The number of hydrogen-bond acceptors (Lipinski definition) is 2. The van der Waals surface area contributed by atoms with Crippen molar-refractivity contribution in [3.8, 4) is 0 Å². The van der Waals surface area contributed by atoms with Crippen molar-refractivity contribution in [2.45, 2.75) is 57.8 Å². The fourth-order valence-electron chi connectivity index (χ4n) is 3.00. The topological polar surface area (TPSA) is 46.2 Å². The van der Waals surface area contributed by atoms with Gasteiger partial charge in [0.1, 0.15) is 0 Å². The molecule has 0 radical (unpaired) electrons. The van der Waals surface area contributed by atoms with Gasteiger partial charge in [0.25, 0.3) is 0 Å². The predicted octanol–water partition coefficient (Wildman–Crippen LogP) is 2.15. The van der Waals surface area contributed by atoms with Crippen LogP contribution in [0.3, 0.4) is 0 Å². The Balaban J connectivity index is 2.07. The maximum Gasteiger partial charge on any atom is 0.227 e. The largest absolute Gasteiger partial charge is 0.296 e. The van der Waals surface area contributed by atoms with E-state index in [1.54, 1.807) is 0 Å². The van der Waals surface area contributed by atoms with E-state index in [9.17, 15) is 9.59 Å². The third-order valence-electron chi connectivity index (χ3n) is 3.76. The van der Waals surface area contributed by atoms with Crippen LogP contribution in [0, 0.1) is 5.41 Å². The maximum absolute atomic E-state index is 11.4. The predicted molar refractivity (Wildman–Crippen MR) is 57.1 cm³/mol. The van der Waals surface area contributed by atoms with Gasteiger partial charge < -0.3 is 0 Å². The summed E-state index contributed by atoms with van der Waals surface area (Å²) in [6.07, 6.45) is 9.46. The molecule has 3 heteroatoms. The van der Waals surface area contributed by atoms with Gasteiger partial charge in [-0.15, -0.1) is 0 Å². The third kappa shape index (κ3) is 2.58. The van der Waals surface area contributed by atoms with Gasteiger partial charge in [-0.05, 0) is 18.3 Å². The Hall–Kier alpha value is -0.860. The van der Waals surface area contributed by atoms with Crippen LogP contribution in [-0.4, -0.2) is 11.8 Å². The quantitative estimate of drug-likeness (QED) is 0.621. The van der Waals surface area contributed by atoms with Crippen molar-refractivity contribution >= 4 is 11.8 Å². The van der Waals surface area contributed by atoms with Crippen molar-refractivity contribution < 1.29 is 9.59 Å². The highest BCUT2D eigenvalue weighted by Gasteiger charge is 2.38. The smallest absolute Gasteiger partial charge is 0.227 e. The normalized spacial score (nSPS) is 26.9. The van der Waals surface area contributed by atoms with E-state index in [-0.39, 0.29) is 17.2 Å². The summed E-state index contributed by atoms with van der Waals surface area (Å²) >= 11 is 0. The summed E-state index contributed by atoms with van der Waals surface area (Å²) in [7, 11) is 0. The molecule has 3 nitrogen and oxygen atoms in total. The average molecular weight is 209 g/mol. The van der Waals surface area contributed by atoms with Crippen molar-refractivity contribution in [2.75, 3.05) is 0 Å². The number of nitrogens with one attached hydrogen (secondary N) is 1. The van der Waals surface area contributed by atoms with Crippen molar-refractivity contribution in [1.29, 1.82) is 0 Å². The molecule has 0 aromatic rings. The monoisotopic (exact) mass is 209 g/mol. The second-order valence-electron chi connectivity index (χ2n) is 5.09. The Morgan fingerprint density at radius 2 is 1.27 bits per heavy atom. The first kappa shape index (κ1) is 10.7. The summed E-state index contributed by atoms with van der Waals surface area (Å²) in [5.41, 5.74) is 0.0137. The lowest BCUT2D eigenvalue weighted by atomic mass is 9.70. The number of piperidine rings is 1. The molecule has 1 saturated heterocycles. The molecule has 0 atom stereocenters. The number of hydrogen-bond donors (Lipinski definition) is 1. The van der Waals surface area contributed by atoms with Crippen LogP contribution in [0.15, 0.2) is 0 Å². The van der Waals surface area contributed by atoms with Crippen LogP contribution >= 0.6 is 0 Å². The molecular weight excluding hydrogens is 190 g/mol. The van der Waals surface area contributed by atoms with Gasteiger partial charge in [0.05, 0.1) is 0 Å². The molecule has 0 aromatic heterocycles. The lowest BCUT2D eigenvalue weighted by Crippen LogP contribution is -2.44. The minimum atomic E-state index is -0.0631. The molecule has 1 heterocycles. The second kappa shape index (κ2) is 4.33. The number of carbonyl (C=O) groups excluding carboxylic acids is 2. The summed E-state index contributed by atoms with van der Waals surface area (Å²) in [5.74, 6) is -0.126. The van der Waals surface area contributed by atoms with Crippen molar-refractivity contribution in [3.63, 3.8) is 0 Å². The Kier molecular flexibility index (Phi) is 3.08. The number of carbonyl (C=O) groups is 2. The molecular formula is C12H19NO2. The molecule has 1 spiro atoms. The summed E-state index contributed by atoms with van der Waals surface area (Å²) in [6.45, 7) is 0. The first-order chi connectivity index (χ1) is 7.20. The molecule has 0 unspecified atom stereocenters.